The van der Waals surface area contributed by atoms with Crippen LogP contribution in [0.25, 0.3) is 0 Å². The summed E-state index contributed by atoms with van der Waals surface area (Å²) in [5.41, 5.74) is 8.66. The number of hydrogen-bond donors (Lipinski definition) is 2. The summed E-state index contributed by atoms with van der Waals surface area (Å²) < 4.78 is 0. The molecule has 0 aliphatic rings. The molecule has 1 aromatic heterocycles. The summed E-state index contributed by atoms with van der Waals surface area (Å²) in [6.45, 7) is 2.93. The van der Waals surface area contributed by atoms with Crippen LogP contribution in [0.5, 0.6) is 0 Å². The molecule has 0 saturated heterocycles. The maximum absolute atomic E-state index is 5.61. The Morgan fingerprint density at radius 2 is 2.06 bits per heavy atom. The van der Waals surface area contributed by atoms with Crippen LogP contribution in [-0.4, -0.2) is 11.5 Å². The van der Waals surface area contributed by atoms with Gasteiger partial charge in [0.2, 0.25) is 0 Å². The molecule has 0 aliphatic heterocycles. The fraction of sp³-hybridized carbons (Fsp3) is 0.250. The molecule has 0 fully saturated rings. The van der Waals surface area contributed by atoms with Gasteiger partial charge in [-0.2, -0.15) is 0 Å². The second-order valence-corrected chi connectivity index (χ2v) is 4.72. The van der Waals surface area contributed by atoms with Gasteiger partial charge < -0.3 is 11.1 Å². The molecular weight excluding hydrogens is 218 g/mol. The van der Waals surface area contributed by atoms with Gasteiger partial charge in [-0.25, -0.2) is 4.98 Å². The molecule has 0 saturated carbocycles. The fourth-order valence-corrected chi connectivity index (χ4v) is 2.11. The highest BCUT2D eigenvalue weighted by Gasteiger charge is 1.97. The molecule has 1 aromatic carbocycles. The van der Waals surface area contributed by atoms with Crippen LogP contribution in [0.2, 0.25) is 0 Å². The largest absolute Gasteiger partial charge is 0.399 e. The molecule has 0 amide bonds. The molecule has 16 heavy (non-hydrogen) atoms. The van der Waals surface area contributed by atoms with Crippen molar-refractivity contribution in [3.8, 4) is 0 Å². The number of aryl methyl sites for hydroxylation is 1. The monoisotopic (exact) mass is 233 g/mol. The van der Waals surface area contributed by atoms with Gasteiger partial charge in [0, 0.05) is 29.7 Å². The summed E-state index contributed by atoms with van der Waals surface area (Å²) in [5, 5.41) is 6.58. The van der Waals surface area contributed by atoms with Crippen LogP contribution < -0.4 is 11.1 Å². The SMILES string of the molecule is Cc1nc(CCNc2ccc(N)cc2)cs1. The zero-order valence-electron chi connectivity index (χ0n) is 9.23. The summed E-state index contributed by atoms with van der Waals surface area (Å²) in [7, 11) is 0. The van der Waals surface area contributed by atoms with Crippen molar-refractivity contribution in [1.82, 2.24) is 4.98 Å². The van der Waals surface area contributed by atoms with E-state index in [1.807, 2.05) is 31.2 Å². The van der Waals surface area contributed by atoms with Crippen LogP contribution in [-0.2, 0) is 6.42 Å². The Balaban J connectivity index is 1.82. The molecule has 2 rings (SSSR count). The van der Waals surface area contributed by atoms with Gasteiger partial charge in [-0.05, 0) is 31.2 Å². The van der Waals surface area contributed by atoms with E-state index in [2.05, 4.69) is 15.7 Å². The summed E-state index contributed by atoms with van der Waals surface area (Å²) in [6, 6.07) is 7.77. The smallest absolute Gasteiger partial charge is 0.0897 e. The average molecular weight is 233 g/mol. The first kappa shape index (κ1) is 11.0. The van der Waals surface area contributed by atoms with Crippen LogP contribution in [0.4, 0.5) is 11.4 Å². The quantitative estimate of drug-likeness (QED) is 0.798. The number of thiazole rings is 1. The van der Waals surface area contributed by atoms with Crippen molar-refractivity contribution in [1.29, 1.82) is 0 Å². The number of nitrogens with one attached hydrogen (secondary N) is 1. The van der Waals surface area contributed by atoms with Crippen LogP contribution in [0.3, 0.4) is 0 Å². The number of hydrogen-bond acceptors (Lipinski definition) is 4. The molecule has 2 aromatic rings. The highest BCUT2D eigenvalue weighted by atomic mass is 32.1. The van der Waals surface area contributed by atoms with Crippen molar-refractivity contribution >= 4 is 22.7 Å². The Labute approximate surface area is 99.3 Å². The molecule has 0 radical (unpaired) electrons. The molecule has 0 unspecified atom stereocenters. The normalized spacial score (nSPS) is 10.3. The number of benzene rings is 1. The maximum atomic E-state index is 5.61. The fourth-order valence-electron chi connectivity index (χ4n) is 1.46. The third-order valence-corrected chi connectivity index (χ3v) is 3.11. The van der Waals surface area contributed by atoms with Gasteiger partial charge in [-0.15, -0.1) is 11.3 Å². The Morgan fingerprint density at radius 3 is 2.69 bits per heavy atom. The second kappa shape index (κ2) is 4.99. The van der Waals surface area contributed by atoms with Crippen LogP contribution >= 0.6 is 11.3 Å². The zero-order chi connectivity index (χ0) is 11.4. The predicted molar refractivity (Wildman–Crippen MR) is 69.9 cm³/mol. The molecule has 84 valence electrons. The summed E-state index contributed by atoms with van der Waals surface area (Å²) >= 11 is 1.70. The molecule has 0 spiro atoms. The lowest BCUT2D eigenvalue weighted by Crippen LogP contribution is -2.05. The number of nitrogens with two attached hydrogens (primary N) is 1. The van der Waals surface area contributed by atoms with Crippen molar-refractivity contribution < 1.29 is 0 Å². The molecule has 3 nitrogen and oxygen atoms in total. The summed E-state index contributed by atoms with van der Waals surface area (Å²) in [4.78, 5) is 4.41. The first-order valence-electron chi connectivity index (χ1n) is 5.24. The van der Waals surface area contributed by atoms with Gasteiger partial charge >= 0.3 is 0 Å². The van der Waals surface area contributed by atoms with E-state index in [-0.39, 0.29) is 0 Å². The van der Waals surface area contributed by atoms with Crippen molar-refractivity contribution in [3.05, 3.63) is 40.3 Å². The predicted octanol–water partition coefficient (Wildman–Crippen LogP) is 2.69. The van der Waals surface area contributed by atoms with Gasteiger partial charge in [-0.3, -0.25) is 0 Å². The standard InChI is InChI=1S/C12H15N3S/c1-9-15-12(8-16-9)6-7-14-11-4-2-10(13)3-5-11/h2-5,8,14H,6-7,13H2,1H3. The van der Waals surface area contributed by atoms with Gasteiger partial charge in [0.05, 0.1) is 10.7 Å². The second-order valence-electron chi connectivity index (χ2n) is 3.66. The molecule has 4 heteroatoms. The van der Waals surface area contributed by atoms with Crippen molar-refractivity contribution in [2.24, 2.45) is 0 Å². The molecule has 0 atom stereocenters. The van der Waals surface area contributed by atoms with Gasteiger partial charge in [0.25, 0.3) is 0 Å². The van der Waals surface area contributed by atoms with Crippen LogP contribution in [0.1, 0.15) is 10.7 Å². The van der Waals surface area contributed by atoms with Crippen LogP contribution in [0.15, 0.2) is 29.6 Å². The number of nitrogens with zero attached hydrogens (tertiary/aromatic N) is 1. The molecule has 0 aliphatic carbocycles. The third-order valence-electron chi connectivity index (χ3n) is 2.29. The van der Waals surface area contributed by atoms with Gasteiger partial charge in [0.15, 0.2) is 0 Å². The van der Waals surface area contributed by atoms with Crippen LogP contribution in [0, 0.1) is 6.92 Å². The van der Waals surface area contributed by atoms with E-state index in [4.69, 9.17) is 5.73 Å². The Bertz CT molecular complexity index is 448. The first-order valence-corrected chi connectivity index (χ1v) is 6.12. The minimum absolute atomic E-state index is 0.792. The van der Waals surface area contributed by atoms with E-state index in [0.717, 1.165) is 35.0 Å². The topological polar surface area (TPSA) is 50.9 Å². The van der Waals surface area contributed by atoms with Crippen molar-refractivity contribution in [2.45, 2.75) is 13.3 Å². The van der Waals surface area contributed by atoms with E-state index in [0.29, 0.717) is 0 Å². The lowest BCUT2D eigenvalue weighted by atomic mass is 10.2. The van der Waals surface area contributed by atoms with E-state index in [9.17, 15) is 0 Å². The number of anilines is 2. The lowest BCUT2D eigenvalue weighted by molar-refractivity contribution is 0.968. The Kier molecular flexibility index (Phi) is 3.41. The zero-order valence-corrected chi connectivity index (χ0v) is 10.1. The molecule has 3 N–H and O–H groups in total. The van der Waals surface area contributed by atoms with E-state index in [1.54, 1.807) is 11.3 Å². The Morgan fingerprint density at radius 1 is 1.31 bits per heavy atom. The Hall–Kier alpha value is -1.55. The summed E-state index contributed by atoms with van der Waals surface area (Å²) in [6.07, 6.45) is 0.953. The highest BCUT2D eigenvalue weighted by Crippen LogP contribution is 2.11. The summed E-state index contributed by atoms with van der Waals surface area (Å²) in [5.74, 6) is 0. The minimum atomic E-state index is 0.792. The van der Waals surface area contributed by atoms with Gasteiger partial charge in [0.1, 0.15) is 0 Å². The highest BCUT2D eigenvalue weighted by molar-refractivity contribution is 7.09. The minimum Gasteiger partial charge on any atom is -0.399 e. The number of aromatic nitrogens is 1. The van der Waals surface area contributed by atoms with Crippen molar-refractivity contribution in [2.75, 3.05) is 17.6 Å². The molecule has 0 bridgehead atoms. The maximum Gasteiger partial charge on any atom is 0.0897 e. The van der Waals surface area contributed by atoms with E-state index in [1.165, 1.54) is 0 Å². The van der Waals surface area contributed by atoms with E-state index < -0.39 is 0 Å². The molecule has 1 heterocycles. The molecular formula is C12H15N3S. The lowest BCUT2D eigenvalue weighted by Gasteiger charge is -2.05. The third kappa shape index (κ3) is 2.97. The average Bonchev–Trinajstić information content (AvgIpc) is 2.67. The van der Waals surface area contributed by atoms with E-state index >= 15 is 0 Å². The van der Waals surface area contributed by atoms with Crippen molar-refractivity contribution in [3.63, 3.8) is 0 Å². The number of rotatable bonds is 4. The van der Waals surface area contributed by atoms with Gasteiger partial charge in [-0.1, -0.05) is 0 Å². The first-order chi connectivity index (χ1) is 7.74. The number of nitrogen functional groups attached to an aromatic ring is 1.